The minimum Gasteiger partial charge on any atom is -0.489 e. The first-order chi connectivity index (χ1) is 10.5. The highest BCUT2D eigenvalue weighted by atomic mass is 35.5. The molecule has 1 aromatic carbocycles. The molecule has 0 saturated carbocycles. The lowest BCUT2D eigenvalue weighted by molar-refractivity contribution is 0.0695. The molecule has 1 aromatic heterocycles. The number of carboxylic acids is 1. The van der Waals surface area contributed by atoms with Crippen molar-refractivity contribution in [3.63, 3.8) is 0 Å². The van der Waals surface area contributed by atoms with Crippen LogP contribution in [-0.2, 0) is 6.42 Å². The molecule has 0 fully saturated rings. The Morgan fingerprint density at radius 2 is 2.00 bits per heavy atom. The zero-order valence-electron chi connectivity index (χ0n) is 11.3. The van der Waals surface area contributed by atoms with E-state index in [4.69, 9.17) is 27.9 Å². The van der Waals surface area contributed by atoms with Crippen LogP contribution < -0.4 is 4.74 Å². The normalized spacial score (nSPS) is 12.7. The maximum Gasteiger partial charge on any atom is 0.336 e. The van der Waals surface area contributed by atoms with Crippen LogP contribution in [0.3, 0.4) is 0 Å². The van der Waals surface area contributed by atoms with Gasteiger partial charge in [-0.05, 0) is 41.5 Å². The summed E-state index contributed by atoms with van der Waals surface area (Å²) in [6, 6.07) is 6.49. The summed E-state index contributed by atoms with van der Waals surface area (Å²) in [6.45, 7) is 0.325. The molecule has 2 aromatic rings. The van der Waals surface area contributed by atoms with Gasteiger partial charge in [-0.2, -0.15) is 0 Å². The van der Waals surface area contributed by atoms with Gasteiger partial charge in [-0.25, -0.2) is 4.79 Å². The highest BCUT2D eigenvalue weighted by Gasteiger charge is 2.20. The van der Waals surface area contributed by atoms with Crippen LogP contribution in [0.15, 0.2) is 36.0 Å². The van der Waals surface area contributed by atoms with Crippen molar-refractivity contribution in [3.05, 3.63) is 62.9 Å². The molecule has 22 heavy (non-hydrogen) atoms. The Kier molecular flexibility index (Phi) is 4.05. The molecule has 0 unspecified atom stereocenters. The summed E-state index contributed by atoms with van der Waals surface area (Å²) in [7, 11) is 0. The number of halogens is 2. The molecule has 4 nitrogen and oxygen atoms in total. The molecule has 0 bridgehead atoms. The maximum atomic E-state index is 11.2. The Bertz CT molecular complexity index is 767. The van der Waals surface area contributed by atoms with Crippen LogP contribution in [0.4, 0.5) is 0 Å². The predicted molar refractivity (Wildman–Crippen MR) is 84.8 cm³/mol. The number of ether oxygens (including phenoxy) is 1. The Morgan fingerprint density at radius 1 is 1.27 bits per heavy atom. The van der Waals surface area contributed by atoms with Gasteiger partial charge in [0.15, 0.2) is 0 Å². The SMILES string of the molecule is O=C(O)c1ccnc2c1CC(COc1cc(Cl)cc(Cl)c1)=C2. The fraction of sp³-hybridized carbons (Fsp3) is 0.125. The number of nitrogens with zero attached hydrogens (tertiary/aromatic N) is 1. The Balaban J connectivity index is 1.74. The van der Waals surface area contributed by atoms with Crippen LogP contribution in [0.1, 0.15) is 21.6 Å². The van der Waals surface area contributed by atoms with Crippen LogP contribution in [0, 0.1) is 0 Å². The lowest BCUT2D eigenvalue weighted by Gasteiger charge is -2.08. The van der Waals surface area contributed by atoms with Gasteiger partial charge in [0.05, 0.1) is 11.3 Å². The first kappa shape index (κ1) is 14.9. The van der Waals surface area contributed by atoms with Crippen molar-refractivity contribution in [2.24, 2.45) is 0 Å². The number of aromatic carboxylic acids is 1. The quantitative estimate of drug-likeness (QED) is 0.913. The molecule has 1 aliphatic carbocycles. The minimum atomic E-state index is -0.948. The maximum absolute atomic E-state index is 11.2. The van der Waals surface area contributed by atoms with Gasteiger partial charge in [-0.3, -0.25) is 4.98 Å². The Hall–Kier alpha value is -2.04. The van der Waals surface area contributed by atoms with Crippen molar-refractivity contribution in [1.29, 1.82) is 0 Å². The predicted octanol–water partition coefficient (Wildman–Crippen LogP) is 4.11. The highest BCUT2D eigenvalue weighted by molar-refractivity contribution is 6.34. The summed E-state index contributed by atoms with van der Waals surface area (Å²) >= 11 is 11.8. The third kappa shape index (κ3) is 3.08. The van der Waals surface area contributed by atoms with Crippen molar-refractivity contribution in [2.75, 3.05) is 6.61 Å². The van der Waals surface area contributed by atoms with Gasteiger partial charge in [0.25, 0.3) is 0 Å². The summed E-state index contributed by atoms with van der Waals surface area (Å²) < 4.78 is 5.67. The zero-order valence-corrected chi connectivity index (χ0v) is 12.9. The van der Waals surface area contributed by atoms with Gasteiger partial charge in [0, 0.05) is 22.7 Å². The molecule has 112 valence electrons. The van der Waals surface area contributed by atoms with E-state index in [0.717, 1.165) is 11.1 Å². The van der Waals surface area contributed by atoms with Crippen molar-refractivity contribution >= 4 is 35.2 Å². The number of aromatic nitrogens is 1. The standard InChI is InChI=1S/C16H11Cl2NO3/c17-10-5-11(18)7-12(6-10)22-8-9-3-14-13(16(20)21)1-2-19-15(14)4-9/h1-2,4-7H,3,8H2,(H,20,21). The van der Waals surface area contributed by atoms with E-state index in [9.17, 15) is 9.90 Å². The van der Waals surface area contributed by atoms with Gasteiger partial charge in [0.2, 0.25) is 0 Å². The Morgan fingerprint density at radius 3 is 2.68 bits per heavy atom. The second-order valence-corrected chi connectivity index (χ2v) is 5.77. The van der Waals surface area contributed by atoms with Crippen LogP contribution >= 0.6 is 23.2 Å². The molecule has 0 radical (unpaired) electrons. The molecular weight excluding hydrogens is 325 g/mol. The Labute approximate surface area is 137 Å². The average molecular weight is 336 g/mol. The number of carboxylic acid groups (broad SMARTS) is 1. The minimum absolute atomic E-state index is 0.280. The van der Waals surface area contributed by atoms with E-state index in [1.54, 1.807) is 18.2 Å². The molecule has 0 amide bonds. The summed E-state index contributed by atoms with van der Waals surface area (Å²) in [5, 5.41) is 10.2. The average Bonchev–Trinajstić information content (AvgIpc) is 2.86. The van der Waals surface area contributed by atoms with Gasteiger partial charge < -0.3 is 9.84 Å². The molecule has 1 N–H and O–H groups in total. The monoisotopic (exact) mass is 335 g/mol. The topological polar surface area (TPSA) is 59.4 Å². The van der Waals surface area contributed by atoms with E-state index in [0.29, 0.717) is 34.5 Å². The first-order valence-electron chi connectivity index (χ1n) is 6.52. The summed E-state index contributed by atoms with van der Waals surface area (Å²) in [5.41, 5.74) is 2.63. The van der Waals surface area contributed by atoms with Crippen LogP contribution in [0.25, 0.3) is 6.08 Å². The number of carbonyl (C=O) groups is 1. The van der Waals surface area contributed by atoms with Crippen LogP contribution in [-0.4, -0.2) is 22.7 Å². The van der Waals surface area contributed by atoms with Gasteiger partial charge in [0.1, 0.15) is 12.4 Å². The fourth-order valence-corrected chi connectivity index (χ4v) is 2.88. The second-order valence-electron chi connectivity index (χ2n) is 4.90. The second kappa shape index (κ2) is 5.99. The molecule has 6 heteroatoms. The third-order valence-electron chi connectivity index (χ3n) is 3.32. The van der Waals surface area contributed by atoms with E-state index < -0.39 is 5.97 Å². The third-order valence-corrected chi connectivity index (χ3v) is 3.76. The smallest absolute Gasteiger partial charge is 0.336 e. The van der Waals surface area contributed by atoms with E-state index in [1.807, 2.05) is 6.08 Å². The summed E-state index contributed by atoms with van der Waals surface area (Å²) in [4.78, 5) is 15.4. The zero-order chi connectivity index (χ0) is 15.7. The molecular formula is C16H11Cl2NO3. The van der Waals surface area contributed by atoms with Crippen molar-refractivity contribution < 1.29 is 14.6 Å². The van der Waals surface area contributed by atoms with Gasteiger partial charge in [-0.1, -0.05) is 23.2 Å². The van der Waals surface area contributed by atoms with E-state index in [1.165, 1.54) is 12.3 Å². The number of hydrogen-bond acceptors (Lipinski definition) is 3. The summed E-state index contributed by atoms with van der Waals surface area (Å²) in [6.07, 6.45) is 3.87. The molecule has 0 saturated heterocycles. The molecule has 0 spiro atoms. The molecule has 3 rings (SSSR count). The van der Waals surface area contributed by atoms with Crippen LogP contribution in [0.5, 0.6) is 5.75 Å². The molecule has 1 aliphatic rings. The van der Waals surface area contributed by atoms with Gasteiger partial charge in [-0.15, -0.1) is 0 Å². The highest BCUT2D eigenvalue weighted by Crippen LogP contribution is 2.28. The van der Waals surface area contributed by atoms with Gasteiger partial charge >= 0.3 is 5.97 Å². The number of hydrogen-bond donors (Lipinski definition) is 1. The lowest BCUT2D eigenvalue weighted by atomic mass is 10.1. The largest absolute Gasteiger partial charge is 0.489 e. The van der Waals surface area contributed by atoms with Crippen LogP contribution in [0.2, 0.25) is 10.0 Å². The van der Waals surface area contributed by atoms with E-state index >= 15 is 0 Å². The van der Waals surface area contributed by atoms with Crippen molar-refractivity contribution in [3.8, 4) is 5.75 Å². The van der Waals surface area contributed by atoms with E-state index in [2.05, 4.69) is 4.98 Å². The number of rotatable bonds is 4. The number of pyridine rings is 1. The molecule has 0 aliphatic heterocycles. The number of fused-ring (bicyclic) bond motifs is 1. The van der Waals surface area contributed by atoms with Crippen molar-refractivity contribution in [2.45, 2.75) is 6.42 Å². The summed E-state index contributed by atoms with van der Waals surface area (Å²) in [5.74, 6) is -0.378. The molecule has 0 atom stereocenters. The molecule has 1 heterocycles. The van der Waals surface area contributed by atoms with Crippen molar-refractivity contribution in [1.82, 2.24) is 4.98 Å². The number of benzene rings is 1. The van der Waals surface area contributed by atoms with E-state index in [-0.39, 0.29) is 5.56 Å². The first-order valence-corrected chi connectivity index (χ1v) is 7.28. The lowest BCUT2D eigenvalue weighted by Crippen LogP contribution is -2.05. The fourth-order valence-electron chi connectivity index (χ4n) is 2.37.